The third-order valence-corrected chi connectivity index (χ3v) is 2.22. The fourth-order valence-electron chi connectivity index (χ4n) is 1.51. The van der Waals surface area contributed by atoms with Crippen molar-refractivity contribution in [3.05, 3.63) is 0 Å². The number of carbonyl (C=O) groups is 2. The van der Waals surface area contributed by atoms with Gasteiger partial charge in [-0.15, -0.1) is 0 Å². The van der Waals surface area contributed by atoms with E-state index in [4.69, 9.17) is 4.74 Å². The van der Waals surface area contributed by atoms with E-state index in [0.29, 0.717) is 13.0 Å². The Morgan fingerprint density at radius 2 is 2.25 bits per heavy atom. The lowest BCUT2D eigenvalue weighted by Gasteiger charge is -2.24. The van der Waals surface area contributed by atoms with Crippen LogP contribution in [0.25, 0.3) is 0 Å². The van der Waals surface area contributed by atoms with E-state index in [2.05, 4.69) is 10.6 Å². The summed E-state index contributed by atoms with van der Waals surface area (Å²) in [5, 5.41) is 5.83. The maximum absolute atomic E-state index is 11.4. The molecular weight excluding hydrogens is 208 g/mol. The Balaban J connectivity index is 2.19. The minimum Gasteiger partial charge on any atom is -0.459 e. The van der Waals surface area contributed by atoms with Crippen LogP contribution >= 0.6 is 0 Å². The molecule has 1 amide bonds. The van der Waals surface area contributed by atoms with Crippen LogP contribution in [-0.2, 0) is 14.3 Å². The second-order valence-corrected chi connectivity index (χ2v) is 5.01. The van der Waals surface area contributed by atoms with Crippen molar-refractivity contribution < 1.29 is 14.3 Å². The van der Waals surface area contributed by atoms with Crippen molar-refractivity contribution in [2.75, 3.05) is 13.1 Å². The zero-order valence-corrected chi connectivity index (χ0v) is 10.1. The van der Waals surface area contributed by atoms with Crippen LogP contribution in [0.1, 0.15) is 33.6 Å². The molecule has 92 valence electrons. The lowest BCUT2D eigenvalue weighted by molar-refractivity contribution is -0.153. The number of esters is 1. The number of piperidine rings is 1. The van der Waals surface area contributed by atoms with E-state index >= 15 is 0 Å². The van der Waals surface area contributed by atoms with E-state index in [0.717, 1.165) is 6.42 Å². The predicted molar refractivity (Wildman–Crippen MR) is 59.9 cm³/mol. The smallest absolute Gasteiger partial charge is 0.320 e. The first-order valence-electron chi connectivity index (χ1n) is 5.59. The summed E-state index contributed by atoms with van der Waals surface area (Å²) in [5.41, 5.74) is -0.445. The third-order valence-electron chi connectivity index (χ3n) is 2.22. The molecule has 1 heterocycles. The number of nitrogens with one attached hydrogen (secondary N) is 2. The van der Waals surface area contributed by atoms with Gasteiger partial charge in [0, 0.05) is 19.0 Å². The molecule has 0 aromatic carbocycles. The molecule has 0 saturated carbocycles. The maximum atomic E-state index is 11.4. The fourth-order valence-corrected chi connectivity index (χ4v) is 1.51. The fraction of sp³-hybridized carbons (Fsp3) is 0.818. The third kappa shape index (κ3) is 5.11. The zero-order chi connectivity index (χ0) is 12.2. The predicted octanol–water partition coefficient (Wildman–Crippen LogP) is 0.196. The minimum absolute atomic E-state index is 0.0790. The Morgan fingerprint density at radius 3 is 2.75 bits per heavy atom. The molecule has 0 radical (unpaired) electrons. The van der Waals surface area contributed by atoms with Gasteiger partial charge in [-0.05, 0) is 27.2 Å². The number of carbonyl (C=O) groups excluding carboxylic acids is 2. The molecule has 1 saturated heterocycles. The monoisotopic (exact) mass is 228 g/mol. The summed E-state index contributed by atoms with van der Waals surface area (Å²) in [6.45, 7) is 6.29. The van der Waals surface area contributed by atoms with Gasteiger partial charge in [-0.1, -0.05) is 0 Å². The van der Waals surface area contributed by atoms with Crippen LogP contribution in [0.15, 0.2) is 0 Å². The SMILES string of the molecule is CC(C)(C)OC(=O)CNC1CCC(=O)NC1. The number of amides is 1. The van der Waals surface area contributed by atoms with Crippen LogP contribution in [0.4, 0.5) is 0 Å². The molecule has 0 bridgehead atoms. The van der Waals surface area contributed by atoms with Crippen molar-refractivity contribution in [1.82, 2.24) is 10.6 Å². The van der Waals surface area contributed by atoms with Gasteiger partial charge in [0.1, 0.15) is 5.60 Å². The molecule has 0 aromatic rings. The van der Waals surface area contributed by atoms with Crippen LogP contribution in [0.3, 0.4) is 0 Å². The summed E-state index contributed by atoms with van der Waals surface area (Å²) >= 11 is 0. The molecule has 1 aliphatic rings. The number of ether oxygens (including phenoxy) is 1. The largest absolute Gasteiger partial charge is 0.459 e. The highest BCUT2D eigenvalue weighted by Gasteiger charge is 2.20. The van der Waals surface area contributed by atoms with Crippen LogP contribution < -0.4 is 10.6 Å². The Labute approximate surface area is 95.9 Å². The minimum atomic E-state index is -0.445. The van der Waals surface area contributed by atoms with Gasteiger partial charge in [0.25, 0.3) is 0 Å². The average Bonchev–Trinajstić information content (AvgIpc) is 2.14. The molecule has 0 aromatic heterocycles. The summed E-state index contributed by atoms with van der Waals surface area (Å²) < 4.78 is 5.16. The Bertz CT molecular complexity index is 261. The van der Waals surface area contributed by atoms with Crippen molar-refractivity contribution in [3.8, 4) is 0 Å². The summed E-state index contributed by atoms with van der Waals surface area (Å²) in [6.07, 6.45) is 1.29. The summed E-state index contributed by atoms with van der Waals surface area (Å²) in [6, 6.07) is 0.171. The Hall–Kier alpha value is -1.10. The van der Waals surface area contributed by atoms with Gasteiger partial charge >= 0.3 is 5.97 Å². The molecule has 0 aliphatic carbocycles. The second kappa shape index (κ2) is 5.30. The van der Waals surface area contributed by atoms with Crippen LogP contribution in [0.5, 0.6) is 0 Å². The van der Waals surface area contributed by atoms with Gasteiger partial charge in [-0.3, -0.25) is 9.59 Å². The highest BCUT2D eigenvalue weighted by Crippen LogP contribution is 2.07. The van der Waals surface area contributed by atoms with Gasteiger partial charge in [-0.25, -0.2) is 0 Å². The van der Waals surface area contributed by atoms with E-state index in [1.807, 2.05) is 20.8 Å². The van der Waals surface area contributed by atoms with Crippen molar-refractivity contribution in [2.24, 2.45) is 0 Å². The molecule has 1 fully saturated rings. The maximum Gasteiger partial charge on any atom is 0.320 e. The zero-order valence-electron chi connectivity index (χ0n) is 10.1. The van der Waals surface area contributed by atoms with Crippen LogP contribution in [0, 0.1) is 0 Å². The first kappa shape index (κ1) is 13.0. The second-order valence-electron chi connectivity index (χ2n) is 5.01. The normalized spacial score (nSPS) is 21.4. The standard InChI is InChI=1S/C11H20N2O3/c1-11(2,3)16-10(15)7-12-8-4-5-9(14)13-6-8/h8,12H,4-7H2,1-3H3,(H,13,14). The molecular formula is C11H20N2O3. The van der Waals surface area contributed by atoms with Crippen LogP contribution in [0.2, 0.25) is 0 Å². The summed E-state index contributed by atoms with van der Waals surface area (Å²) in [5.74, 6) is -0.181. The molecule has 5 heteroatoms. The van der Waals surface area contributed by atoms with E-state index in [9.17, 15) is 9.59 Å². The van der Waals surface area contributed by atoms with Crippen molar-refractivity contribution in [2.45, 2.75) is 45.3 Å². The first-order valence-corrected chi connectivity index (χ1v) is 5.59. The van der Waals surface area contributed by atoms with Gasteiger partial charge in [0.2, 0.25) is 5.91 Å². The Morgan fingerprint density at radius 1 is 1.56 bits per heavy atom. The molecule has 1 rings (SSSR count). The summed E-state index contributed by atoms with van der Waals surface area (Å²) in [4.78, 5) is 22.3. The molecule has 1 unspecified atom stereocenters. The summed E-state index contributed by atoms with van der Waals surface area (Å²) in [7, 11) is 0. The molecule has 1 aliphatic heterocycles. The van der Waals surface area contributed by atoms with E-state index in [1.165, 1.54) is 0 Å². The first-order chi connectivity index (χ1) is 7.37. The Kier molecular flexibility index (Phi) is 4.29. The highest BCUT2D eigenvalue weighted by atomic mass is 16.6. The van der Waals surface area contributed by atoms with Crippen molar-refractivity contribution in [1.29, 1.82) is 0 Å². The van der Waals surface area contributed by atoms with Crippen molar-refractivity contribution in [3.63, 3.8) is 0 Å². The topological polar surface area (TPSA) is 67.4 Å². The van der Waals surface area contributed by atoms with Gasteiger partial charge in [0.05, 0.1) is 6.54 Å². The molecule has 1 atom stereocenters. The molecule has 5 nitrogen and oxygen atoms in total. The van der Waals surface area contributed by atoms with E-state index in [-0.39, 0.29) is 24.5 Å². The highest BCUT2D eigenvalue weighted by molar-refractivity contribution is 5.77. The quantitative estimate of drug-likeness (QED) is 0.677. The van der Waals surface area contributed by atoms with E-state index < -0.39 is 5.60 Å². The number of hydrogen-bond donors (Lipinski definition) is 2. The molecule has 2 N–H and O–H groups in total. The van der Waals surface area contributed by atoms with Crippen LogP contribution in [-0.4, -0.2) is 36.6 Å². The van der Waals surface area contributed by atoms with Gasteiger partial charge < -0.3 is 15.4 Å². The average molecular weight is 228 g/mol. The number of rotatable bonds is 3. The van der Waals surface area contributed by atoms with Gasteiger partial charge in [0.15, 0.2) is 0 Å². The number of hydrogen-bond acceptors (Lipinski definition) is 4. The lowest BCUT2D eigenvalue weighted by Crippen LogP contribution is -2.47. The molecule has 16 heavy (non-hydrogen) atoms. The van der Waals surface area contributed by atoms with Gasteiger partial charge in [-0.2, -0.15) is 0 Å². The van der Waals surface area contributed by atoms with E-state index in [1.54, 1.807) is 0 Å². The lowest BCUT2D eigenvalue weighted by atomic mass is 10.1. The molecule has 0 spiro atoms. The van der Waals surface area contributed by atoms with Crippen molar-refractivity contribution >= 4 is 11.9 Å².